The van der Waals surface area contributed by atoms with E-state index in [4.69, 9.17) is 11.5 Å². The Balaban J connectivity index is 0. The second-order valence-electron chi connectivity index (χ2n) is 4.40. The van der Waals surface area contributed by atoms with Gasteiger partial charge in [0.25, 0.3) is 0 Å². The quantitative estimate of drug-likeness (QED) is 0.323. The van der Waals surface area contributed by atoms with Crippen LogP contribution in [-0.4, -0.2) is 24.7 Å². The summed E-state index contributed by atoms with van der Waals surface area (Å²) in [7, 11) is -9.52. The Bertz CT molecular complexity index is 317. The van der Waals surface area contributed by atoms with Crippen LogP contribution in [0.15, 0.2) is 0 Å². The molecular weight excluding hydrogens is 491 g/mol. The fourth-order valence-corrected chi connectivity index (χ4v) is 2.46. The van der Waals surface area contributed by atoms with E-state index in [1.165, 1.54) is 12.8 Å². The zero-order valence-electron chi connectivity index (χ0n) is 10.7. The minimum atomic E-state index is -4.76. The monoisotopic (exact) mass is 510 g/mol. The van der Waals surface area contributed by atoms with Crippen molar-refractivity contribution < 1.29 is 49.8 Å². The summed E-state index contributed by atoms with van der Waals surface area (Å²) in [5.74, 6) is 0. The summed E-state index contributed by atoms with van der Waals surface area (Å²) in [4.78, 5) is 39.3. The maximum Gasteiger partial charge on any atom is 2.00 e. The molecule has 20 heavy (non-hydrogen) atoms. The van der Waals surface area contributed by atoms with Crippen LogP contribution in [0, 0.1) is 0 Å². The van der Waals surface area contributed by atoms with E-state index in [9.17, 15) is 28.7 Å². The molecule has 0 heterocycles. The van der Waals surface area contributed by atoms with Crippen LogP contribution in [0.3, 0.4) is 0 Å². The van der Waals surface area contributed by atoms with Crippen LogP contribution in [0.4, 0.5) is 0 Å². The van der Waals surface area contributed by atoms with Crippen molar-refractivity contribution in [3.05, 3.63) is 0 Å². The molecule has 1 rings (SSSR count). The molecule has 0 aromatic heterocycles. The van der Waals surface area contributed by atoms with E-state index in [2.05, 4.69) is 0 Å². The van der Waals surface area contributed by atoms with Crippen molar-refractivity contribution in [1.82, 2.24) is 5.32 Å². The Morgan fingerprint density at radius 3 is 1.40 bits per heavy atom. The number of nitrogens with one attached hydrogen (secondary N) is 1. The Labute approximate surface area is 132 Å². The molecule has 1 aliphatic rings. The maximum atomic E-state index is 9.83. The molecule has 0 aromatic carbocycles. The fraction of sp³-hybridized carbons (Fsp3) is 1.00. The molecule has 2 atom stereocenters. The second kappa shape index (κ2) is 10.6. The Kier molecular flexibility index (Phi) is 12.2. The molecule has 1 fully saturated rings. The van der Waals surface area contributed by atoms with E-state index in [-0.39, 0.29) is 33.1 Å². The third-order valence-corrected chi connectivity index (χ3v) is 3.71. The van der Waals surface area contributed by atoms with Crippen LogP contribution in [-0.2, 0) is 30.2 Å². The van der Waals surface area contributed by atoms with E-state index in [1.807, 2.05) is 0 Å². The molecule has 0 bridgehead atoms. The summed E-state index contributed by atoms with van der Waals surface area (Å²) in [6.45, 7) is 0. The molecule has 0 radical (unpaired) electrons. The molecule has 0 saturated heterocycles. The van der Waals surface area contributed by atoms with Gasteiger partial charge in [0.1, 0.15) is 0 Å². The minimum absolute atomic E-state index is 0. The first kappa shape index (κ1) is 23.1. The van der Waals surface area contributed by atoms with Crippen LogP contribution in [0.1, 0.15) is 25.7 Å². The Morgan fingerprint density at radius 1 is 0.900 bits per heavy atom. The molecule has 124 valence electrons. The number of hydrogen-bond donors (Lipinski definition) is 3. The Hall–Kier alpha value is 0.868. The molecule has 5 N–H and O–H groups in total. The predicted octanol–water partition coefficient (Wildman–Crippen LogP) is -3.47. The van der Waals surface area contributed by atoms with Gasteiger partial charge in [-0.25, -0.2) is 0 Å². The van der Waals surface area contributed by atoms with Gasteiger partial charge in [-0.05, 0) is 12.8 Å². The molecule has 0 spiro atoms. The first-order valence-electron chi connectivity index (χ1n) is 5.75. The van der Waals surface area contributed by atoms with Gasteiger partial charge in [0.2, 0.25) is 0 Å². The van der Waals surface area contributed by atoms with Crippen molar-refractivity contribution in [1.29, 1.82) is 0 Å². The fourth-order valence-electron chi connectivity index (χ4n) is 1.51. The second-order valence-corrected chi connectivity index (χ2v) is 7.48. The standard InChI is InChI=1S/C6H14N2.C2H9NO6P2.Pt/c7-5-3-1-2-4-6(5)8;4-10(5,6)1-3-2-11(7,8)9;/h5-6H,1-4,7-8H2;3H,1-2H2,(H2,4,5,6)(H2,7,8,9);/q;;+2/p-4/t5-,6+;;. The third kappa shape index (κ3) is 15.3. The van der Waals surface area contributed by atoms with E-state index in [0.717, 1.165) is 12.8 Å². The SMILES string of the molecule is N[C@@H]1CCCC[C@@H]1N.O=P([O-])([O-])CNCP(=O)([O-])[O-].[Pt+2]. The molecule has 9 nitrogen and oxygen atoms in total. The van der Waals surface area contributed by atoms with E-state index in [0.29, 0.717) is 0 Å². The van der Waals surface area contributed by atoms with Crippen LogP contribution >= 0.6 is 15.2 Å². The molecule has 1 saturated carbocycles. The molecule has 0 unspecified atom stereocenters. The number of hydrogen-bond acceptors (Lipinski definition) is 9. The Morgan fingerprint density at radius 2 is 1.20 bits per heavy atom. The van der Waals surface area contributed by atoms with Crippen molar-refractivity contribution in [2.45, 2.75) is 37.8 Å². The van der Waals surface area contributed by atoms with Gasteiger partial charge in [0, 0.05) is 24.7 Å². The largest absolute Gasteiger partial charge is 2.00 e. The van der Waals surface area contributed by atoms with E-state index >= 15 is 0 Å². The predicted molar refractivity (Wildman–Crippen MR) is 62.5 cm³/mol. The van der Waals surface area contributed by atoms with Crippen LogP contribution < -0.4 is 36.4 Å². The van der Waals surface area contributed by atoms with Gasteiger partial charge < -0.3 is 45.5 Å². The van der Waals surface area contributed by atoms with Crippen LogP contribution in [0.5, 0.6) is 0 Å². The number of rotatable bonds is 4. The van der Waals surface area contributed by atoms with Crippen molar-refractivity contribution in [3.63, 3.8) is 0 Å². The smallest absolute Gasteiger partial charge is 0.810 e. The topological polar surface area (TPSA) is 190 Å². The van der Waals surface area contributed by atoms with Crippen molar-refractivity contribution in [2.24, 2.45) is 11.5 Å². The summed E-state index contributed by atoms with van der Waals surface area (Å²) in [5, 5.41) is 1.69. The van der Waals surface area contributed by atoms with Crippen molar-refractivity contribution in [3.8, 4) is 0 Å². The summed E-state index contributed by atoms with van der Waals surface area (Å²) < 4.78 is 19.7. The van der Waals surface area contributed by atoms with Gasteiger partial charge in [-0.15, -0.1) is 0 Å². The van der Waals surface area contributed by atoms with Gasteiger partial charge in [-0.1, -0.05) is 28.0 Å². The summed E-state index contributed by atoms with van der Waals surface area (Å²) in [5.41, 5.74) is 11.3. The molecule has 0 aromatic rings. The summed E-state index contributed by atoms with van der Waals surface area (Å²) in [6, 6.07) is 0.562. The summed E-state index contributed by atoms with van der Waals surface area (Å²) >= 11 is 0. The molecule has 0 amide bonds. The average molecular weight is 510 g/mol. The van der Waals surface area contributed by atoms with Gasteiger partial charge >= 0.3 is 21.1 Å². The van der Waals surface area contributed by atoms with Gasteiger partial charge in [0.15, 0.2) is 0 Å². The first-order chi connectivity index (χ1) is 8.51. The van der Waals surface area contributed by atoms with Crippen LogP contribution in [0.2, 0.25) is 0 Å². The third-order valence-electron chi connectivity index (χ3n) is 2.49. The van der Waals surface area contributed by atoms with E-state index in [1.54, 1.807) is 5.32 Å². The zero-order chi connectivity index (χ0) is 15.1. The minimum Gasteiger partial charge on any atom is -0.810 e. The maximum absolute atomic E-state index is 9.83. The molecular formula is C8H19N3O6P2Pt-2. The van der Waals surface area contributed by atoms with Crippen molar-refractivity contribution in [2.75, 3.05) is 12.6 Å². The van der Waals surface area contributed by atoms with Crippen molar-refractivity contribution >= 4 is 15.2 Å². The normalized spacial score (nSPS) is 23.3. The number of nitrogens with two attached hydrogens (primary N) is 2. The first-order valence-corrected chi connectivity index (χ1v) is 9.21. The molecule has 1 aliphatic carbocycles. The van der Waals surface area contributed by atoms with Crippen LogP contribution in [0.25, 0.3) is 0 Å². The zero-order valence-corrected chi connectivity index (χ0v) is 14.8. The van der Waals surface area contributed by atoms with Gasteiger partial charge in [-0.2, -0.15) is 0 Å². The summed E-state index contributed by atoms with van der Waals surface area (Å²) in [6.07, 6.45) is 2.75. The molecule has 0 aliphatic heterocycles. The van der Waals surface area contributed by atoms with Gasteiger partial charge in [0.05, 0.1) is 0 Å². The van der Waals surface area contributed by atoms with E-state index < -0.39 is 27.8 Å². The van der Waals surface area contributed by atoms with Gasteiger partial charge in [-0.3, -0.25) is 0 Å². The average Bonchev–Trinajstić information content (AvgIpc) is 2.19. The molecule has 12 heteroatoms.